The Bertz CT molecular complexity index is 806. The predicted octanol–water partition coefficient (Wildman–Crippen LogP) is 8.64. The summed E-state index contributed by atoms with van der Waals surface area (Å²) in [5, 5.41) is 9.78. The van der Waals surface area contributed by atoms with Gasteiger partial charge in [-0.25, -0.2) is 8.78 Å². The molecule has 0 aliphatic heterocycles. The molecule has 0 aliphatic carbocycles. The molecule has 0 saturated carbocycles. The molecule has 0 aliphatic rings. The third-order valence-corrected chi connectivity index (χ3v) is 6.16. The second kappa shape index (κ2) is 15.8. The molecule has 184 valence electrons. The lowest BCUT2D eigenvalue weighted by Gasteiger charge is -2.11. The molecule has 1 atom stereocenters. The molecule has 1 N–H and O–H groups in total. The largest absolute Gasteiger partial charge is 0.491 e. The summed E-state index contributed by atoms with van der Waals surface area (Å²) in [6.45, 7) is 4.78. The standard InChI is InChI=1S/C29H42F2O2/c1-3-5-6-7-8-12-20-33-29-19-17-24(22-28(29)31)26-18-16-23(21-27(26)30)14-10-9-11-15-25(32)13-4-2/h16-19,21-22,25,32H,3-15,20H2,1-2H3. The van der Waals surface area contributed by atoms with Crippen LogP contribution >= 0.6 is 0 Å². The minimum absolute atomic E-state index is 0.195. The fraction of sp³-hybridized carbons (Fsp3) is 0.586. The molecule has 2 nitrogen and oxygen atoms in total. The number of rotatable bonds is 17. The maximum atomic E-state index is 14.7. The highest BCUT2D eigenvalue weighted by molar-refractivity contribution is 5.65. The quantitative estimate of drug-likeness (QED) is 0.239. The maximum absolute atomic E-state index is 14.7. The maximum Gasteiger partial charge on any atom is 0.165 e. The summed E-state index contributed by atoms with van der Waals surface area (Å²) >= 11 is 0. The van der Waals surface area contributed by atoms with Crippen LogP contribution in [-0.4, -0.2) is 17.8 Å². The number of ether oxygens (including phenoxy) is 1. The zero-order valence-electron chi connectivity index (χ0n) is 20.6. The summed E-state index contributed by atoms with van der Waals surface area (Å²) in [6.07, 6.45) is 13.2. The lowest BCUT2D eigenvalue weighted by atomic mass is 9.99. The smallest absolute Gasteiger partial charge is 0.165 e. The van der Waals surface area contributed by atoms with E-state index in [0.29, 0.717) is 17.7 Å². The van der Waals surface area contributed by atoms with Gasteiger partial charge in [0.2, 0.25) is 0 Å². The Morgan fingerprint density at radius 3 is 2.24 bits per heavy atom. The second-order valence-electron chi connectivity index (χ2n) is 9.12. The van der Waals surface area contributed by atoms with E-state index in [0.717, 1.165) is 63.4 Å². The lowest BCUT2D eigenvalue weighted by molar-refractivity contribution is 0.150. The Morgan fingerprint density at radius 1 is 0.758 bits per heavy atom. The summed E-state index contributed by atoms with van der Waals surface area (Å²) < 4.78 is 34.8. The molecule has 0 aromatic heterocycles. The molecule has 4 heteroatoms. The van der Waals surface area contributed by atoms with Crippen LogP contribution in [0.3, 0.4) is 0 Å². The fourth-order valence-electron chi connectivity index (χ4n) is 4.16. The highest BCUT2D eigenvalue weighted by Gasteiger charge is 2.11. The molecule has 33 heavy (non-hydrogen) atoms. The number of hydrogen-bond donors (Lipinski definition) is 1. The van der Waals surface area contributed by atoms with Crippen LogP contribution in [0.1, 0.15) is 96.5 Å². The van der Waals surface area contributed by atoms with Crippen molar-refractivity contribution in [1.29, 1.82) is 0 Å². The predicted molar refractivity (Wildman–Crippen MR) is 134 cm³/mol. The first-order chi connectivity index (χ1) is 16.0. The molecule has 2 aromatic carbocycles. The molecule has 0 amide bonds. The van der Waals surface area contributed by atoms with Crippen LogP contribution in [0.2, 0.25) is 0 Å². The summed E-state index contributed by atoms with van der Waals surface area (Å²) in [5.74, 6) is -0.549. The van der Waals surface area contributed by atoms with Gasteiger partial charge in [0.25, 0.3) is 0 Å². The summed E-state index contributed by atoms with van der Waals surface area (Å²) in [5.41, 5.74) is 1.88. The van der Waals surface area contributed by atoms with Crippen molar-refractivity contribution in [2.45, 2.75) is 103 Å². The van der Waals surface area contributed by atoms with Gasteiger partial charge in [0, 0.05) is 5.56 Å². The molecule has 0 spiro atoms. The molecule has 2 rings (SSSR count). The van der Waals surface area contributed by atoms with Crippen molar-refractivity contribution in [3.8, 4) is 16.9 Å². The molecular weight excluding hydrogens is 418 g/mol. The van der Waals surface area contributed by atoms with E-state index in [1.807, 2.05) is 6.07 Å². The van der Waals surface area contributed by atoms with Gasteiger partial charge in [-0.05, 0) is 61.4 Å². The third-order valence-electron chi connectivity index (χ3n) is 6.16. The Morgan fingerprint density at radius 2 is 1.52 bits per heavy atom. The summed E-state index contributed by atoms with van der Waals surface area (Å²) in [4.78, 5) is 0. The van der Waals surface area contributed by atoms with Crippen molar-refractivity contribution in [2.24, 2.45) is 0 Å². The molecule has 0 fully saturated rings. The molecule has 1 unspecified atom stereocenters. The van der Waals surface area contributed by atoms with Crippen molar-refractivity contribution in [3.63, 3.8) is 0 Å². The van der Waals surface area contributed by atoms with Gasteiger partial charge < -0.3 is 9.84 Å². The first-order valence-electron chi connectivity index (χ1n) is 12.9. The van der Waals surface area contributed by atoms with Crippen LogP contribution < -0.4 is 4.74 Å². The van der Waals surface area contributed by atoms with Crippen LogP contribution in [0, 0.1) is 11.6 Å². The lowest BCUT2D eigenvalue weighted by Crippen LogP contribution is -2.05. The number of halogens is 2. The number of aryl methyl sites for hydroxylation is 1. The Hall–Kier alpha value is -1.94. The van der Waals surface area contributed by atoms with E-state index in [2.05, 4.69) is 13.8 Å². The minimum atomic E-state index is -0.452. The van der Waals surface area contributed by atoms with Gasteiger partial charge in [-0.2, -0.15) is 0 Å². The van der Waals surface area contributed by atoms with E-state index >= 15 is 0 Å². The van der Waals surface area contributed by atoms with Crippen LogP contribution in [0.25, 0.3) is 11.1 Å². The summed E-state index contributed by atoms with van der Waals surface area (Å²) in [7, 11) is 0. The highest BCUT2D eigenvalue weighted by Crippen LogP contribution is 2.29. The van der Waals surface area contributed by atoms with E-state index < -0.39 is 5.82 Å². The molecule has 2 aromatic rings. The first kappa shape index (κ1) is 27.3. The van der Waals surface area contributed by atoms with Gasteiger partial charge in [-0.3, -0.25) is 0 Å². The minimum Gasteiger partial charge on any atom is -0.491 e. The molecule has 0 heterocycles. The van der Waals surface area contributed by atoms with E-state index in [1.54, 1.807) is 24.3 Å². The van der Waals surface area contributed by atoms with E-state index in [1.165, 1.54) is 31.7 Å². The number of aliphatic hydroxyl groups is 1. The van der Waals surface area contributed by atoms with Gasteiger partial charge >= 0.3 is 0 Å². The van der Waals surface area contributed by atoms with E-state index in [9.17, 15) is 13.9 Å². The average Bonchev–Trinajstić information content (AvgIpc) is 2.79. The van der Waals surface area contributed by atoms with Crippen molar-refractivity contribution < 1.29 is 18.6 Å². The monoisotopic (exact) mass is 460 g/mol. The zero-order chi connectivity index (χ0) is 23.9. The van der Waals surface area contributed by atoms with Crippen LogP contribution in [-0.2, 0) is 6.42 Å². The van der Waals surface area contributed by atoms with E-state index in [4.69, 9.17) is 4.74 Å². The first-order valence-corrected chi connectivity index (χ1v) is 12.9. The SMILES string of the molecule is CCCCCCCCOc1ccc(-c2ccc(CCCCCC(O)CCC)cc2F)cc1F. The van der Waals surface area contributed by atoms with Crippen molar-refractivity contribution in [2.75, 3.05) is 6.61 Å². The van der Waals surface area contributed by atoms with Crippen LogP contribution in [0.5, 0.6) is 5.75 Å². The van der Waals surface area contributed by atoms with Crippen LogP contribution in [0.4, 0.5) is 8.78 Å². The van der Waals surface area contributed by atoms with Gasteiger partial charge in [-0.15, -0.1) is 0 Å². The van der Waals surface area contributed by atoms with Crippen molar-refractivity contribution in [3.05, 3.63) is 53.6 Å². The number of hydrogen-bond acceptors (Lipinski definition) is 2. The van der Waals surface area contributed by atoms with Gasteiger partial charge in [0.15, 0.2) is 11.6 Å². The van der Waals surface area contributed by atoms with Gasteiger partial charge in [0.05, 0.1) is 12.7 Å². The molecule has 0 radical (unpaired) electrons. The summed E-state index contributed by atoms with van der Waals surface area (Å²) in [6, 6.07) is 9.90. The topological polar surface area (TPSA) is 29.5 Å². The Balaban J connectivity index is 1.80. The van der Waals surface area contributed by atoms with Crippen molar-refractivity contribution in [1.82, 2.24) is 0 Å². The Labute approximate surface area is 199 Å². The highest BCUT2D eigenvalue weighted by atomic mass is 19.1. The second-order valence-corrected chi connectivity index (χ2v) is 9.12. The number of benzene rings is 2. The molecular formula is C29H42F2O2. The molecule has 0 saturated heterocycles. The van der Waals surface area contributed by atoms with Crippen LogP contribution in [0.15, 0.2) is 36.4 Å². The third kappa shape index (κ3) is 10.2. The average molecular weight is 461 g/mol. The van der Waals surface area contributed by atoms with Gasteiger partial charge in [0.1, 0.15) is 5.82 Å². The van der Waals surface area contributed by atoms with Crippen molar-refractivity contribution >= 4 is 0 Å². The molecule has 0 bridgehead atoms. The normalized spacial score (nSPS) is 12.2. The Kier molecular flexibility index (Phi) is 13.1. The zero-order valence-corrected chi connectivity index (χ0v) is 20.6. The fourth-order valence-corrected chi connectivity index (χ4v) is 4.16. The van der Waals surface area contributed by atoms with E-state index in [-0.39, 0.29) is 17.7 Å². The number of aliphatic hydroxyl groups excluding tert-OH is 1. The number of unbranched alkanes of at least 4 members (excludes halogenated alkanes) is 7. The van der Waals surface area contributed by atoms with Gasteiger partial charge in [-0.1, -0.05) is 83.4 Å².